The predicted molar refractivity (Wildman–Crippen MR) is 90.1 cm³/mol. The van der Waals surface area contributed by atoms with E-state index in [-0.39, 0.29) is 6.04 Å². The summed E-state index contributed by atoms with van der Waals surface area (Å²) in [7, 11) is 0. The average Bonchev–Trinajstić information content (AvgIpc) is 2.51. The zero-order valence-electron chi connectivity index (χ0n) is 11.9. The van der Waals surface area contributed by atoms with Crippen molar-refractivity contribution >= 4 is 23.2 Å². The summed E-state index contributed by atoms with van der Waals surface area (Å²) < 4.78 is 0. The van der Waals surface area contributed by atoms with Crippen molar-refractivity contribution in [2.75, 3.05) is 0 Å². The summed E-state index contributed by atoms with van der Waals surface area (Å²) in [5, 5.41) is 1.25. The highest BCUT2D eigenvalue weighted by Gasteiger charge is 2.24. The molecule has 1 nitrogen and oxygen atoms in total. The Hall–Kier alpha value is -1.02. The molecule has 0 bridgehead atoms. The molecule has 0 spiro atoms. The molecule has 21 heavy (non-hydrogen) atoms. The van der Waals surface area contributed by atoms with Crippen molar-refractivity contribution in [1.82, 2.24) is 0 Å². The number of benzene rings is 2. The standard InChI is InChI=1S/C18H19Cl2N/c19-16-7-3-6-15(18(16)20)11-17(21)14-9-8-12-4-1-2-5-13(12)10-14/h1-7,14,17H,8-11,21H2. The molecule has 0 heterocycles. The fourth-order valence-corrected chi connectivity index (χ4v) is 3.62. The van der Waals surface area contributed by atoms with Gasteiger partial charge in [0.05, 0.1) is 10.0 Å². The molecule has 1 aliphatic rings. The Morgan fingerprint density at radius 3 is 2.62 bits per heavy atom. The van der Waals surface area contributed by atoms with Crippen molar-refractivity contribution in [3.8, 4) is 0 Å². The highest BCUT2D eigenvalue weighted by Crippen LogP contribution is 2.31. The molecular formula is C18H19Cl2N. The van der Waals surface area contributed by atoms with Gasteiger partial charge in [0.2, 0.25) is 0 Å². The monoisotopic (exact) mass is 319 g/mol. The highest BCUT2D eigenvalue weighted by atomic mass is 35.5. The van der Waals surface area contributed by atoms with Gasteiger partial charge in [-0.3, -0.25) is 0 Å². The van der Waals surface area contributed by atoms with E-state index in [4.69, 9.17) is 28.9 Å². The Labute approximate surface area is 136 Å². The number of hydrogen-bond acceptors (Lipinski definition) is 1. The molecule has 2 aromatic rings. The summed E-state index contributed by atoms with van der Waals surface area (Å²) >= 11 is 12.3. The quantitative estimate of drug-likeness (QED) is 0.874. The minimum atomic E-state index is 0.120. The second-order valence-corrected chi connectivity index (χ2v) is 6.64. The topological polar surface area (TPSA) is 26.0 Å². The smallest absolute Gasteiger partial charge is 0.0624 e. The van der Waals surface area contributed by atoms with Gasteiger partial charge in [-0.05, 0) is 54.4 Å². The van der Waals surface area contributed by atoms with Crippen molar-refractivity contribution in [2.24, 2.45) is 11.7 Å². The van der Waals surface area contributed by atoms with Gasteiger partial charge in [0.15, 0.2) is 0 Å². The molecule has 0 aliphatic heterocycles. The average molecular weight is 320 g/mol. The van der Waals surface area contributed by atoms with Crippen molar-refractivity contribution in [1.29, 1.82) is 0 Å². The van der Waals surface area contributed by atoms with Crippen molar-refractivity contribution in [3.63, 3.8) is 0 Å². The lowest BCUT2D eigenvalue weighted by atomic mass is 9.79. The van der Waals surface area contributed by atoms with Crippen LogP contribution in [0.25, 0.3) is 0 Å². The molecular weight excluding hydrogens is 301 g/mol. The van der Waals surface area contributed by atoms with Crippen molar-refractivity contribution in [3.05, 3.63) is 69.2 Å². The predicted octanol–water partition coefficient (Wildman–Crippen LogP) is 4.67. The maximum absolute atomic E-state index is 6.45. The van der Waals surface area contributed by atoms with Gasteiger partial charge in [-0.25, -0.2) is 0 Å². The number of fused-ring (bicyclic) bond motifs is 1. The van der Waals surface area contributed by atoms with E-state index in [9.17, 15) is 0 Å². The van der Waals surface area contributed by atoms with Gasteiger partial charge in [0.25, 0.3) is 0 Å². The second kappa shape index (κ2) is 6.39. The molecule has 3 heteroatoms. The van der Waals surface area contributed by atoms with Crippen LogP contribution in [0.1, 0.15) is 23.1 Å². The zero-order chi connectivity index (χ0) is 14.8. The summed E-state index contributed by atoms with van der Waals surface area (Å²) in [5.41, 5.74) is 10.4. The van der Waals surface area contributed by atoms with Gasteiger partial charge >= 0.3 is 0 Å². The highest BCUT2D eigenvalue weighted by molar-refractivity contribution is 6.42. The van der Waals surface area contributed by atoms with Gasteiger partial charge in [-0.15, -0.1) is 0 Å². The van der Waals surface area contributed by atoms with Crippen LogP contribution in [0.4, 0.5) is 0 Å². The molecule has 0 saturated carbocycles. The van der Waals surface area contributed by atoms with Gasteiger partial charge in [0.1, 0.15) is 0 Å². The molecule has 2 atom stereocenters. The Morgan fingerprint density at radius 2 is 1.81 bits per heavy atom. The Balaban J connectivity index is 1.72. The van der Waals surface area contributed by atoms with E-state index < -0.39 is 0 Å². The third kappa shape index (κ3) is 3.26. The van der Waals surface area contributed by atoms with Crippen molar-refractivity contribution in [2.45, 2.75) is 31.7 Å². The first kappa shape index (κ1) is 14.9. The van der Waals surface area contributed by atoms with E-state index in [0.29, 0.717) is 16.0 Å². The van der Waals surface area contributed by atoms with Crippen LogP contribution in [0.15, 0.2) is 42.5 Å². The summed E-state index contributed by atoms with van der Waals surface area (Å²) in [4.78, 5) is 0. The molecule has 2 aromatic carbocycles. The molecule has 2 N–H and O–H groups in total. The minimum Gasteiger partial charge on any atom is -0.327 e. The van der Waals surface area contributed by atoms with Crippen LogP contribution in [-0.4, -0.2) is 6.04 Å². The van der Waals surface area contributed by atoms with E-state index in [1.165, 1.54) is 11.1 Å². The lowest BCUT2D eigenvalue weighted by molar-refractivity contribution is 0.372. The van der Waals surface area contributed by atoms with E-state index in [1.54, 1.807) is 0 Å². The molecule has 110 valence electrons. The first-order valence-corrected chi connectivity index (χ1v) is 8.16. The molecule has 0 saturated heterocycles. The third-order valence-electron chi connectivity index (χ3n) is 4.48. The molecule has 0 radical (unpaired) electrons. The number of halogens is 2. The van der Waals surface area contributed by atoms with Crippen LogP contribution < -0.4 is 5.73 Å². The van der Waals surface area contributed by atoms with Crippen molar-refractivity contribution < 1.29 is 0 Å². The van der Waals surface area contributed by atoms with Crippen LogP contribution in [0.3, 0.4) is 0 Å². The van der Waals surface area contributed by atoms with E-state index in [0.717, 1.165) is 31.2 Å². The van der Waals surface area contributed by atoms with Crippen LogP contribution in [-0.2, 0) is 19.3 Å². The number of aryl methyl sites for hydroxylation is 1. The normalized spacial score (nSPS) is 19.1. The maximum Gasteiger partial charge on any atom is 0.0624 e. The fraction of sp³-hybridized carbons (Fsp3) is 0.333. The molecule has 3 rings (SSSR count). The van der Waals surface area contributed by atoms with E-state index in [2.05, 4.69) is 24.3 Å². The molecule has 1 aliphatic carbocycles. The van der Waals surface area contributed by atoms with E-state index in [1.807, 2.05) is 18.2 Å². The van der Waals surface area contributed by atoms with Crippen LogP contribution in [0.2, 0.25) is 10.0 Å². The summed E-state index contributed by atoms with van der Waals surface area (Å²) in [6.45, 7) is 0. The molecule has 0 amide bonds. The van der Waals surface area contributed by atoms with Crippen LogP contribution in [0.5, 0.6) is 0 Å². The first-order chi connectivity index (χ1) is 10.1. The van der Waals surface area contributed by atoms with Gasteiger partial charge in [0, 0.05) is 6.04 Å². The second-order valence-electron chi connectivity index (χ2n) is 5.85. The maximum atomic E-state index is 6.45. The van der Waals surface area contributed by atoms with Gasteiger partial charge in [-0.2, -0.15) is 0 Å². The Morgan fingerprint density at radius 1 is 1.05 bits per heavy atom. The molecule has 0 aromatic heterocycles. The minimum absolute atomic E-state index is 0.120. The van der Waals surface area contributed by atoms with Gasteiger partial charge < -0.3 is 5.73 Å². The van der Waals surface area contributed by atoms with E-state index >= 15 is 0 Å². The van der Waals surface area contributed by atoms with Crippen LogP contribution >= 0.6 is 23.2 Å². The lowest BCUT2D eigenvalue weighted by Crippen LogP contribution is -2.36. The fourth-order valence-electron chi connectivity index (χ4n) is 3.22. The SMILES string of the molecule is NC(Cc1cccc(Cl)c1Cl)C1CCc2ccccc2C1. The Bertz CT molecular complexity index is 639. The first-order valence-electron chi connectivity index (χ1n) is 7.40. The molecule has 2 unspecified atom stereocenters. The largest absolute Gasteiger partial charge is 0.327 e. The zero-order valence-corrected chi connectivity index (χ0v) is 13.4. The summed E-state index contributed by atoms with van der Waals surface area (Å²) in [5.74, 6) is 0.509. The lowest BCUT2D eigenvalue weighted by Gasteiger charge is -2.29. The van der Waals surface area contributed by atoms with Crippen LogP contribution in [0, 0.1) is 5.92 Å². The number of rotatable bonds is 3. The number of hydrogen-bond donors (Lipinski definition) is 1. The van der Waals surface area contributed by atoms with Gasteiger partial charge in [-0.1, -0.05) is 59.6 Å². The summed E-state index contributed by atoms with van der Waals surface area (Å²) in [6.07, 6.45) is 4.12. The summed E-state index contributed by atoms with van der Waals surface area (Å²) in [6, 6.07) is 14.6. The third-order valence-corrected chi connectivity index (χ3v) is 5.34. The number of nitrogens with two attached hydrogens (primary N) is 1. The molecule has 0 fully saturated rings. The Kier molecular flexibility index (Phi) is 4.54.